The van der Waals surface area contributed by atoms with Crippen molar-refractivity contribution in [2.75, 3.05) is 39.5 Å². The first-order valence-electron chi connectivity index (χ1n) is 9.10. The summed E-state index contributed by atoms with van der Waals surface area (Å²) in [7, 11) is 0. The molecule has 2 aliphatic heterocycles. The summed E-state index contributed by atoms with van der Waals surface area (Å²) in [5.74, 6) is -0.0505. The molecule has 1 atom stereocenters. The zero-order chi connectivity index (χ0) is 16.6. The van der Waals surface area contributed by atoms with Crippen LogP contribution in [-0.2, 0) is 16.0 Å². The Labute approximate surface area is 144 Å². The minimum atomic E-state index is -0.0505. The van der Waals surface area contributed by atoms with Crippen LogP contribution in [0.2, 0.25) is 0 Å². The Hall–Kier alpha value is -1.43. The zero-order valence-corrected chi connectivity index (χ0v) is 14.3. The molecule has 0 spiro atoms. The number of benzene rings is 1. The zero-order valence-electron chi connectivity index (χ0n) is 14.3. The summed E-state index contributed by atoms with van der Waals surface area (Å²) in [6, 6.07) is 7.97. The van der Waals surface area contributed by atoms with Crippen molar-refractivity contribution < 1.29 is 14.3 Å². The Morgan fingerprint density at radius 2 is 1.83 bits per heavy atom. The molecule has 132 valence electrons. The third kappa shape index (κ3) is 5.30. The third-order valence-electron chi connectivity index (χ3n) is 4.70. The molecule has 1 amide bonds. The van der Waals surface area contributed by atoms with Crippen molar-refractivity contribution in [2.24, 2.45) is 0 Å². The van der Waals surface area contributed by atoms with Crippen LogP contribution >= 0.6 is 0 Å². The first-order chi connectivity index (χ1) is 11.8. The van der Waals surface area contributed by atoms with Crippen LogP contribution in [0, 0.1) is 0 Å². The Kier molecular flexibility index (Phi) is 6.64. The normalized spacial score (nSPS) is 22.8. The van der Waals surface area contributed by atoms with Crippen molar-refractivity contribution in [1.82, 2.24) is 10.2 Å². The van der Waals surface area contributed by atoms with Gasteiger partial charge >= 0.3 is 0 Å². The van der Waals surface area contributed by atoms with E-state index in [1.807, 2.05) is 12.1 Å². The van der Waals surface area contributed by atoms with Gasteiger partial charge in [0, 0.05) is 18.7 Å². The molecule has 24 heavy (non-hydrogen) atoms. The van der Waals surface area contributed by atoms with E-state index in [0.29, 0.717) is 31.9 Å². The van der Waals surface area contributed by atoms with Crippen LogP contribution in [0.25, 0.3) is 0 Å². The molecule has 2 heterocycles. The number of amides is 1. The summed E-state index contributed by atoms with van der Waals surface area (Å²) in [5.41, 5.74) is 1.98. The minimum absolute atomic E-state index is 0.0370. The highest BCUT2D eigenvalue weighted by Gasteiger charge is 2.16. The summed E-state index contributed by atoms with van der Waals surface area (Å²) in [4.78, 5) is 14.7. The molecule has 1 N–H and O–H groups in total. The molecule has 1 aromatic rings. The standard InChI is InChI=1S/C19H28N2O3/c22-19(20-13-18-15-23-11-12-24-18)17-7-5-16(6-8-17)14-21-9-3-1-2-4-10-21/h5-8,18H,1-4,9-15H2,(H,20,22)/t18-/m0/s1. The molecule has 3 rings (SSSR count). The van der Waals surface area contributed by atoms with E-state index in [4.69, 9.17) is 9.47 Å². The van der Waals surface area contributed by atoms with Gasteiger partial charge in [-0.05, 0) is 43.6 Å². The molecule has 5 heteroatoms. The van der Waals surface area contributed by atoms with Crippen LogP contribution < -0.4 is 5.32 Å². The number of hydrogen-bond acceptors (Lipinski definition) is 4. The van der Waals surface area contributed by atoms with E-state index in [9.17, 15) is 4.79 Å². The van der Waals surface area contributed by atoms with Gasteiger partial charge in [0.05, 0.1) is 25.9 Å². The molecule has 0 radical (unpaired) electrons. The summed E-state index contributed by atoms with van der Waals surface area (Å²) in [6.07, 6.45) is 5.27. The number of nitrogens with one attached hydrogen (secondary N) is 1. The monoisotopic (exact) mass is 332 g/mol. The lowest BCUT2D eigenvalue weighted by molar-refractivity contribution is -0.0855. The molecular weight excluding hydrogens is 304 g/mol. The first-order valence-corrected chi connectivity index (χ1v) is 9.10. The molecule has 1 aromatic carbocycles. The molecule has 0 bridgehead atoms. The van der Waals surface area contributed by atoms with E-state index in [0.717, 1.165) is 6.54 Å². The van der Waals surface area contributed by atoms with Gasteiger partial charge in [-0.3, -0.25) is 9.69 Å². The maximum atomic E-state index is 12.2. The summed E-state index contributed by atoms with van der Waals surface area (Å²) < 4.78 is 10.9. The van der Waals surface area contributed by atoms with Gasteiger partial charge in [-0.25, -0.2) is 0 Å². The summed E-state index contributed by atoms with van der Waals surface area (Å²) in [6.45, 7) is 5.64. The van der Waals surface area contributed by atoms with Crippen LogP contribution in [-0.4, -0.2) is 56.4 Å². The van der Waals surface area contributed by atoms with E-state index in [1.54, 1.807) is 0 Å². The topological polar surface area (TPSA) is 50.8 Å². The lowest BCUT2D eigenvalue weighted by Crippen LogP contribution is -2.39. The van der Waals surface area contributed by atoms with Crippen molar-refractivity contribution in [2.45, 2.75) is 38.3 Å². The van der Waals surface area contributed by atoms with Crippen molar-refractivity contribution in [3.63, 3.8) is 0 Å². The second-order valence-corrected chi connectivity index (χ2v) is 6.67. The third-order valence-corrected chi connectivity index (χ3v) is 4.70. The van der Waals surface area contributed by atoms with Gasteiger partial charge in [0.15, 0.2) is 0 Å². The number of hydrogen-bond donors (Lipinski definition) is 1. The highest BCUT2D eigenvalue weighted by molar-refractivity contribution is 5.94. The maximum absolute atomic E-state index is 12.2. The lowest BCUT2D eigenvalue weighted by atomic mass is 10.1. The second kappa shape index (κ2) is 9.16. The number of rotatable bonds is 5. The van der Waals surface area contributed by atoms with Gasteiger partial charge in [0.1, 0.15) is 0 Å². The highest BCUT2D eigenvalue weighted by atomic mass is 16.6. The van der Waals surface area contributed by atoms with Gasteiger partial charge in [-0.15, -0.1) is 0 Å². The molecule has 0 aromatic heterocycles. The maximum Gasteiger partial charge on any atom is 0.251 e. The first kappa shape index (κ1) is 17.4. The molecule has 0 aliphatic carbocycles. The highest BCUT2D eigenvalue weighted by Crippen LogP contribution is 2.14. The summed E-state index contributed by atoms with van der Waals surface area (Å²) >= 11 is 0. The van der Waals surface area contributed by atoms with Gasteiger partial charge in [0.2, 0.25) is 0 Å². The Morgan fingerprint density at radius 3 is 2.50 bits per heavy atom. The molecule has 2 aliphatic rings. The lowest BCUT2D eigenvalue weighted by Gasteiger charge is -2.23. The molecule has 2 fully saturated rings. The summed E-state index contributed by atoms with van der Waals surface area (Å²) in [5, 5.41) is 2.92. The Morgan fingerprint density at radius 1 is 1.08 bits per heavy atom. The predicted molar refractivity (Wildman–Crippen MR) is 93.1 cm³/mol. The molecule has 2 saturated heterocycles. The van der Waals surface area contributed by atoms with Gasteiger partial charge in [0.25, 0.3) is 5.91 Å². The number of carbonyl (C=O) groups is 1. The van der Waals surface area contributed by atoms with Crippen molar-refractivity contribution in [1.29, 1.82) is 0 Å². The van der Waals surface area contributed by atoms with Crippen LogP contribution in [0.5, 0.6) is 0 Å². The van der Waals surface area contributed by atoms with Crippen LogP contribution in [0.4, 0.5) is 0 Å². The number of carbonyl (C=O) groups excluding carboxylic acids is 1. The van der Waals surface area contributed by atoms with Crippen LogP contribution in [0.3, 0.4) is 0 Å². The molecular formula is C19H28N2O3. The fourth-order valence-corrected chi connectivity index (χ4v) is 3.28. The Balaban J connectivity index is 1.46. The fourth-order valence-electron chi connectivity index (χ4n) is 3.28. The van der Waals surface area contributed by atoms with Crippen molar-refractivity contribution >= 4 is 5.91 Å². The number of ether oxygens (including phenoxy) is 2. The van der Waals surface area contributed by atoms with Crippen LogP contribution in [0.15, 0.2) is 24.3 Å². The van der Waals surface area contributed by atoms with Gasteiger partial charge < -0.3 is 14.8 Å². The molecule has 0 saturated carbocycles. The largest absolute Gasteiger partial charge is 0.376 e. The predicted octanol–water partition coefficient (Wildman–Crippen LogP) is 2.21. The number of likely N-dealkylation sites (tertiary alicyclic amines) is 1. The SMILES string of the molecule is O=C(NC[C@H]1COCCO1)c1ccc(CN2CCCCCC2)cc1. The van der Waals surface area contributed by atoms with Crippen molar-refractivity contribution in [3.8, 4) is 0 Å². The van der Waals surface area contributed by atoms with Crippen molar-refractivity contribution in [3.05, 3.63) is 35.4 Å². The van der Waals surface area contributed by atoms with E-state index >= 15 is 0 Å². The minimum Gasteiger partial charge on any atom is -0.376 e. The molecule has 5 nitrogen and oxygen atoms in total. The smallest absolute Gasteiger partial charge is 0.251 e. The van der Waals surface area contributed by atoms with Gasteiger partial charge in [-0.2, -0.15) is 0 Å². The number of nitrogens with zero attached hydrogens (tertiary/aromatic N) is 1. The molecule has 0 unspecified atom stereocenters. The average Bonchev–Trinajstić information content (AvgIpc) is 2.90. The average molecular weight is 332 g/mol. The second-order valence-electron chi connectivity index (χ2n) is 6.67. The van der Waals surface area contributed by atoms with Crippen LogP contribution in [0.1, 0.15) is 41.6 Å². The van der Waals surface area contributed by atoms with E-state index in [-0.39, 0.29) is 12.0 Å². The van der Waals surface area contributed by atoms with E-state index in [1.165, 1.54) is 44.3 Å². The fraction of sp³-hybridized carbons (Fsp3) is 0.632. The van der Waals surface area contributed by atoms with E-state index in [2.05, 4.69) is 22.3 Å². The van der Waals surface area contributed by atoms with E-state index < -0.39 is 0 Å². The van der Waals surface area contributed by atoms with Gasteiger partial charge in [-0.1, -0.05) is 25.0 Å². The quantitative estimate of drug-likeness (QED) is 0.898. The Bertz CT molecular complexity index is 504.